The molecule has 1 aromatic heterocycles. The number of nitrogens with zero attached hydrogens (tertiary/aromatic N) is 3. The van der Waals surface area contributed by atoms with Gasteiger partial charge in [0.25, 0.3) is 5.91 Å². The molecule has 2 aromatic carbocycles. The van der Waals surface area contributed by atoms with Crippen molar-refractivity contribution in [1.29, 1.82) is 0 Å². The van der Waals surface area contributed by atoms with Crippen molar-refractivity contribution >= 4 is 29.4 Å². The number of halogens is 4. The van der Waals surface area contributed by atoms with Crippen LogP contribution in [-0.4, -0.2) is 33.4 Å². The van der Waals surface area contributed by atoms with Crippen molar-refractivity contribution < 1.29 is 27.2 Å². The molecule has 0 aliphatic carbocycles. The number of rotatable bonds is 5. The number of pyridine rings is 1. The molecule has 0 saturated carbocycles. The number of anilines is 1. The third-order valence-corrected chi connectivity index (χ3v) is 5.87. The average molecular weight is 475 g/mol. The van der Waals surface area contributed by atoms with Crippen molar-refractivity contribution in [2.24, 2.45) is 0 Å². The minimum atomic E-state index is -4.43. The fraction of sp³-hybridized carbons (Fsp3) is 0.174. The number of thioether (sulfide) groups is 1. The highest BCUT2D eigenvalue weighted by Crippen LogP contribution is 2.38. The van der Waals surface area contributed by atoms with Crippen LogP contribution in [0.4, 0.5) is 28.0 Å². The number of aromatic nitrogens is 1. The number of carbonyl (C=O) groups excluding carboxylic acids is 2. The number of urea groups is 1. The summed E-state index contributed by atoms with van der Waals surface area (Å²) in [6.07, 6.45) is 1.57. The molecule has 0 spiro atoms. The molecule has 33 heavy (non-hydrogen) atoms. The molecule has 0 bridgehead atoms. The minimum absolute atomic E-state index is 0.0413. The Labute approximate surface area is 191 Å². The Morgan fingerprint density at radius 3 is 2.30 bits per heavy atom. The Balaban J connectivity index is 1.53. The smallest absolute Gasteiger partial charge is 0.308 e. The SMILES string of the molecule is CC1C(=O)N(c2ccc(SC(F)(F)F)cc2)C(=O)N1Cc1ccnc(-c2ccc(F)cc2)c1. The van der Waals surface area contributed by atoms with Crippen LogP contribution in [0, 0.1) is 5.82 Å². The fourth-order valence-corrected chi connectivity index (χ4v) is 4.03. The van der Waals surface area contributed by atoms with Crippen molar-refractivity contribution in [2.75, 3.05) is 4.90 Å². The van der Waals surface area contributed by atoms with Crippen molar-refractivity contribution in [1.82, 2.24) is 9.88 Å². The molecular formula is C23H17F4N3O2S. The molecule has 1 saturated heterocycles. The number of carbonyl (C=O) groups is 2. The maximum atomic E-state index is 13.2. The maximum absolute atomic E-state index is 13.2. The molecule has 170 valence electrons. The van der Waals surface area contributed by atoms with Gasteiger partial charge in [0.15, 0.2) is 0 Å². The van der Waals surface area contributed by atoms with Crippen LogP contribution >= 0.6 is 11.8 Å². The minimum Gasteiger partial charge on any atom is -0.308 e. The normalized spacial score (nSPS) is 16.6. The first-order chi connectivity index (χ1) is 15.6. The summed E-state index contributed by atoms with van der Waals surface area (Å²) in [5.41, 5.74) is -2.21. The van der Waals surface area contributed by atoms with E-state index >= 15 is 0 Å². The molecule has 3 amide bonds. The van der Waals surface area contributed by atoms with E-state index in [2.05, 4.69) is 4.98 Å². The van der Waals surface area contributed by atoms with Crippen molar-refractivity contribution in [2.45, 2.75) is 29.9 Å². The Morgan fingerprint density at radius 2 is 1.67 bits per heavy atom. The summed E-state index contributed by atoms with van der Waals surface area (Å²) in [6.45, 7) is 1.72. The summed E-state index contributed by atoms with van der Waals surface area (Å²) in [5, 5.41) is 0. The number of imide groups is 1. The van der Waals surface area contributed by atoms with Gasteiger partial charge in [-0.25, -0.2) is 14.1 Å². The van der Waals surface area contributed by atoms with Crippen LogP contribution in [0.15, 0.2) is 71.8 Å². The van der Waals surface area contributed by atoms with Crippen LogP contribution in [0.1, 0.15) is 12.5 Å². The second-order valence-corrected chi connectivity index (χ2v) is 8.50. The first-order valence-corrected chi connectivity index (χ1v) is 10.7. The lowest BCUT2D eigenvalue weighted by Gasteiger charge is -2.20. The Hall–Kier alpha value is -3.40. The molecule has 1 aliphatic heterocycles. The summed E-state index contributed by atoms with van der Waals surface area (Å²) in [7, 11) is 0. The Morgan fingerprint density at radius 1 is 1.00 bits per heavy atom. The highest BCUT2D eigenvalue weighted by molar-refractivity contribution is 8.00. The number of hydrogen-bond acceptors (Lipinski definition) is 4. The third kappa shape index (κ3) is 5.00. The number of hydrogen-bond donors (Lipinski definition) is 0. The predicted octanol–water partition coefficient (Wildman–Crippen LogP) is 5.86. The van der Waals surface area contributed by atoms with Gasteiger partial charge in [-0.15, -0.1) is 0 Å². The standard InChI is InChI=1S/C23H17F4N3O2S/c1-14-21(31)30(18-6-8-19(9-7-18)33-23(25,26)27)22(32)29(14)13-15-10-11-28-20(12-15)16-2-4-17(24)5-3-16/h2-12,14H,13H2,1H3. The van der Waals surface area contributed by atoms with Crippen LogP contribution in [0.2, 0.25) is 0 Å². The highest BCUT2D eigenvalue weighted by Gasteiger charge is 2.43. The molecule has 0 N–H and O–H groups in total. The summed E-state index contributed by atoms with van der Waals surface area (Å²) in [4.78, 5) is 32.4. The van der Waals surface area contributed by atoms with E-state index in [1.54, 1.807) is 37.4 Å². The first kappa shape index (κ1) is 22.8. The van der Waals surface area contributed by atoms with Crippen LogP contribution in [0.5, 0.6) is 0 Å². The lowest BCUT2D eigenvalue weighted by atomic mass is 10.1. The summed E-state index contributed by atoms with van der Waals surface area (Å²) >= 11 is -0.269. The maximum Gasteiger partial charge on any atom is 0.446 e. The van der Waals surface area contributed by atoms with E-state index in [1.165, 1.54) is 41.3 Å². The van der Waals surface area contributed by atoms with Gasteiger partial charge in [-0.2, -0.15) is 13.2 Å². The van der Waals surface area contributed by atoms with Gasteiger partial charge in [0.2, 0.25) is 0 Å². The largest absolute Gasteiger partial charge is 0.446 e. The number of amides is 3. The zero-order valence-electron chi connectivity index (χ0n) is 17.2. The van der Waals surface area contributed by atoms with Crippen LogP contribution < -0.4 is 4.90 Å². The number of alkyl halides is 3. The van der Waals surface area contributed by atoms with E-state index in [1.807, 2.05) is 0 Å². The molecule has 5 nitrogen and oxygen atoms in total. The number of benzene rings is 2. The van der Waals surface area contributed by atoms with Crippen LogP contribution in [0.3, 0.4) is 0 Å². The second kappa shape index (κ2) is 8.86. The monoisotopic (exact) mass is 475 g/mol. The van der Waals surface area contributed by atoms with E-state index in [0.29, 0.717) is 11.3 Å². The van der Waals surface area contributed by atoms with E-state index in [0.717, 1.165) is 10.5 Å². The summed E-state index contributed by atoms with van der Waals surface area (Å²) < 4.78 is 50.8. The average Bonchev–Trinajstić information content (AvgIpc) is 2.97. The first-order valence-electron chi connectivity index (χ1n) is 9.83. The Kier molecular flexibility index (Phi) is 6.11. The van der Waals surface area contributed by atoms with Gasteiger partial charge in [0.1, 0.15) is 11.9 Å². The molecular weight excluding hydrogens is 458 g/mol. The summed E-state index contributed by atoms with van der Waals surface area (Å²) in [6, 6.07) is 13.1. The van der Waals surface area contributed by atoms with Crippen molar-refractivity contribution in [3.63, 3.8) is 0 Å². The second-order valence-electron chi connectivity index (χ2n) is 7.36. The molecule has 0 radical (unpaired) electrons. The third-order valence-electron chi connectivity index (χ3n) is 5.13. The molecule has 3 aromatic rings. The zero-order valence-corrected chi connectivity index (χ0v) is 18.0. The Bertz CT molecular complexity index is 1180. The topological polar surface area (TPSA) is 53.5 Å². The highest BCUT2D eigenvalue weighted by atomic mass is 32.2. The molecule has 10 heteroatoms. The van der Waals surface area contributed by atoms with Crippen LogP contribution in [-0.2, 0) is 11.3 Å². The van der Waals surface area contributed by atoms with Crippen molar-refractivity contribution in [3.05, 3.63) is 78.2 Å². The molecule has 1 aliphatic rings. The van der Waals surface area contributed by atoms with Gasteiger partial charge >= 0.3 is 11.5 Å². The van der Waals surface area contributed by atoms with Crippen molar-refractivity contribution in [3.8, 4) is 11.3 Å². The summed E-state index contributed by atoms with van der Waals surface area (Å²) in [5.74, 6) is -0.834. The molecule has 1 atom stereocenters. The van der Waals surface area contributed by atoms with Gasteiger partial charge < -0.3 is 4.90 Å². The van der Waals surface area contributed by atoms with Gasteiger partial charge in [0.05, 0.1) is 11.4 Å². The van der Waals surface area contributed by atoms with Gasteiger partial charge in [-0.1, -0.05) is 0 Å². The molecule has 4 rings (SSSR count). The fourth-order valence-electron chi connectivity index (χ4n) is 3.50. The molecule has 1 fully saturated rings. The predicted molar refractivity (Wildman–Crippen MR) is 116 cm³/mol. The quantitative estimate of drug-likeness (QED) is 0.264. The molecule has 2 heterocycles. The van der Waals surface area contributed by atoms with Crippen LogP contribution in [0.25, 0.3) is 11.3 Å². The van der Waals surface area contributed by atoms with E-state index in [9.17, 15) is 27.2 Å². The van der Waals surface area contributed by atoms with Gasteiger partial charge in [-0.3, -0.25) is 9.78 Å². The van der Waals surface area contributed by atoms with Gasteiger partial charge in [0, 0.05) is 23.2 Å². The molecule has 1 unspecified atom stereocenters. The lowest BCUT2D eigenvalue weighted by Crippen LogP contribution is -2.33. The van der Waals surface area contributed by atoms with Gasteiger partial charge in [-0.05, 0) is 84.9 Å². The van der Waals surface area contributed by atoms with E-state index < -0.39 is 23.5 Å². The lowest BCUT2D eigenvalue weighted by molar-refractivity contribution is -0.119. The van der Waals surface area contributed by atoms with E-state index in [4.69, 9.17) is 0 Å². The zero-order chi connectivity index (χ0) is 23.8. The van der Waals surface area contributed by atoms with E-state index in [-0.39, 0.29) is 34.7 Å².